The quantitative estimate of drug-likeness (QED) is 0.720. The average molecular weight is 289 g/mol. The predicted molar refractivity (Wildman–Crippen MR) is 81.7 cm³/mol. The maximum atomic E-state index is 12.2. The first-order valence-corrected chi connectivity index (χ1v) is 7.01. The number of rotatable bonds is 1. The molecule has 2 aromatic heterocycles. The predicted octanol–water partition coefficient (Wildman–Crippen LogP) is 0.571. The van der Waals surface area contributed by atoms with Gasteiger partial charge in [0.05, 0.1) is 22.1 Å². The number of hydrogen-bond donors (Lipinski definition) is 0. The fraction of sp³-hybridized carbons (Fsp3) is 0.571. The Morgan fingerprint density at radius 1 is 1.10 bits per heavy atom. The molecule has 21 heavy (non-hydrogen) atoms. The van der Waals surface area contributed by atoms with E-state index in [2.05, 4.69) is 5.10 Å². The highest BCUT2D eigenvalue weighted by atomic mass is 16.7. The molecule has 0 atom stereocenters. The summed E-state index contributed by atoms with van der Waals surface area (Å²) < 4.78 is 15.3. The molecule has 1 fully saturated rings. The molecule has 3 rings (SSSR count). The Hall–Kier alpha value is -1.60. The normalized spacial score (nSPS) is 20.4. The Balaban J connectivity index is 2.19. The van der Waals surface area contributed by atoms with Crippen molar-refractivity contribution in [2.75, 3.05) is 0 Å². The summed E-state index contributed by atoms with van der Waals surface area (Å²) in [6, 6.07) is 0. The van der Waals surface area contributed by atoms with Gasteiger partial charge in [-0.2, -0.15) is 5.10 Å². The maximum Gasteiger partial charge on any atom is 0.498 e. The second-order valence-corrected chi connectivity index (χ2v) is 6.65. The minimum absolute atomic E-state index is 0.0710. The van der Waals surface area contributed by atoms with Gasteiger partial charge in [-0.15, -0.1) is 0 Å². The average Bonchev–Trinajstić information content (AvgIpc) is 2.82. The van der Waals surface area contributed by atoms with Crippen LogP contribution in [0.1, 0.15) is 27.7 Å². The van der Waals surface area contributed by atoms with Crippen molar-refractivity contribution in [3.63, 3.8) is 0 Å². The molecule has 1 aliphatic rings. The van der Waals surface area contributed by atoms with Gasteiger partial charge in [-0.05, 0) is 27.7 Å². The molecule has 7 heteroatoms. The van der Waals surface area contributed by atoms with Crippen molar-refractivity contribution in [3.8, 4) is 0 Å². The van der Waals surface area contributed by atoms with Crippen LogP contribution >= 0.6 is 0 Å². The summed E-state index contributed by atoms with van der Waals surface area (Å²) in [6.07, 6.45) is 3.48. The van der Waals surface area contributed by atoms with E-state index in [0.717, 1.165) is 5.46 Å². The van der Waals surface area contributed by atoms with Gasteiger partial charge in [0, 0.05) is 32.0 Å². The van der Waals surface area contributed by atoms with Crippen LogP contribution in [0.4, 0.5) is 0 Å². The topological polar surface area (TPSA) is 58.3 Å². The summed E-state index contributed by atoms with van der Waals surface area (Å²) >= 11 is 0. The van der Waals surface area contributed by atoms with Crippen LogP contribution in [0.15, 0.2) is 17.2 Å². The smallest absolute Gasteiger partial charge is 0.399 e. The van der Waals surface area contributed by atoms with Crippen molar-refractivity contribution in [3.05, 3.63) is 22.7 Å². The lowest BCUT2D eigenvalue weighted by molar-refractivity contribution is 0.00578. The van der Waals surface area contributed by atoms with E-state index < -0.39 is 18.3 Å². The van der Waals surface area contributed by atoms with Gasteiger partial charge in [-0.3, -0.25) is 9.48 Å². The number of nitrogens with zero attached hydrogens (tertiary/aromatic N) is 3. The van der Waals surface area contributed by atoms with E-state index in [4.69, 9.17) is 9.31 Å². The lowest BCUT2D eigenvalue weighted by Gasteiger charge is -2.32. The van der Waals surface area contributed by atoms with Crippen molar-refractivity contribution < 1.29 is 9.31 Å². The lowest BCUT2D eigenvalue weighted by Crippen LogP contribution is -2.41. The number of pyridine rings is 1. The van der Waals surface area contributed by atoms with Crippen LogP contribution in [-0.4, -0.2) is 32.7 Å². The fourth-order valence-electron chi connectivity index (χ4n) is 2.52. The first-order valence-electron chi connectivity index (χ1n) is 7.01. The van der Waals surface area contributed by atoms with Gasteiger partial charge < -0.3 is 13.9 Å². The zero-order valence-electron chi connectivity index (χ0n) is 13.3. The highest BCUT2D eigenvalue weighted by Crippen LogP contribution is 2.36. The molecular weight excluding hydrogens is 269 g/mol. The Bertz CT molecular complexity index is 760. The Morgan fingerprint density at radius 3 is 2.24 bits per heavy atom. The van der Waals surface area contributed by atoms with Crippen molar-refractivity contribution in [1.82, 2.24) is 14.3 Å². The molecule has 0 N–H and O–H groups in total. The van der Waals surface area contributed by atoms with E-state index in [0.29, 0.717) is 10.9 Å². The number of aromatic nitrogens is 3. The van der Waals surface area contributed by atoms with Crippen LogP contribution in [0.2, 0.25) is 0 Å². The summed E-state index contributed by atoms with van der Waals surface area (Å²) in [7, 11) is 3.00. The number of fused-ring (bicyclic) bond motifs is 1. The summed E-state index contributed by atoms with van der Waals surface area (Å²) in [5.41, 5.74) is 0.504. The minimum atomic E-state index is -0.529. The third-order valence-electron chi connectivity index (χ3n) is 4.49. The van der Waals surface area contributed by atoms with Gasteiger partial charge in [-0.25, -0.2) is 0 Å². The van der Waals surface area contributed by atoms with Crippen molar-refractivity contribution in [1.29, 1.82) is 0 Å². The van der Waals surface area contributed by atoms with E-state index >= 15 is 0 Å². The Morgan fingerprint density at radius 2 is 1.67 bits per heavy atom. The number of aryl methyl sites for hydroxylation is 2. The Kier molecular flexibility index (Phi) is 2.87. The monoisotopic (exact) mass is 289 g/mol. The van der Waals surface area contributed by atoms with Crippen LogP contribution < -0.4 is 11.0 Å². The number of hydrogen-bond acceptors (Lipinski definition) is 4. The van der Waals surface area contributed by atoms with E-state index in [9.17, 15) is 4.79 Å². The van der Waals surface area contributed by atoms with Crippen molar-refractivity contribution >= 4 is 23.5 Å². The van der Waals surface area contributed by atoms with Gasteiger partial charge in [0.25, 0.3) is 5.56 Å². The second kappa shape index (κ2) is 4.21. The first-order chi connectivity index (χ1) is 9.62. The van der Waals surface area contributed by atoms with Crippen molar-refractivity contribution in [2.45, 2.75) is 38.9 Å². The van der Waals surface area contributed by atoms with Crippen LogP contribution in [0.3, 0.4) is 0 Å². The zero-order chi connectivity index (χ0) is 15.6. The standard InChI is InChI=1S/C14H20BN3O3/c1-13(2)14(3,4)21-15(20-13)10-8-17(5)12(19)9-7-18(6)16-11(9)10/h7-8H,1-6H3. The van der Waals surface area contributed by atoms with E-state index in [1.807, 2.05) is 27.7 Å². The molecule has 3 heterocycles. The molecule has 0 unspecified atom stereocenters. The molecular formula is C14H20BN3O3. The molecule has 112 valence electrons. The van der Waals surface area contributed by atoms with Crippen LogP contribution in [0.25, 0.3) is 10.9 Å². The molecule has 0 radical (unpaired) electrons. The lowest BCUT2D eigenvalue weighted by atomic mass is 9.79. The summed E-state index contributed by atoms with van der Waals surface area (Å²) in [6.45, 7) is 8.02. The fourth-order valence-corrected chi connectivity index (χ4v) is 2.52. The van der Waals surface area contributed by atoms with Gasteiger partial charge in [-0.1, -0.05) is 0 Å². The van der Waals surface area contributed by atoms with Gasteiger partial charge in [0.15, 0.2) is 0 Å². The second-order valence-electron chi connectivity index (χ2n) is 6.65. The minimum Gasteiger partial charge on any atom is -0.399 e. The van der Waals surface area contributed by atoms with Crippen LogP contribution in [0.5, 0.6) is 0 Å². The van der Waals surface area contributed by atoms with Crippen LogP contribution in [0, 0.1) is 0 Å². The molecule has 0 aromatic carbocycles. The van der Waals surface area contributed by atoms with Gasteiger partial charge in [0.1, 0.15) is 0 Å². The molecule has 0 amide bonds. The molecule has 6 nitrogen and oxygen atoms in total. The Labute approximate surface area is 123 Å². The first kappa shape index (κ1) is 14.3. The third-order valence-corrected chi connectivity index (χ3v) is 4.49. The molecule has 1 aliphatic heterocycles. The van der Waals surface area contributed by atoms with Crippen molar-refractivity contribution in [2.24, 2.45) is 14.1 Å². The molecule has 0 spiro atoms. The zero-order valence-corrected chi connectivity index (χ0v) is 13.3. The highest BCUT2D eigenvalue weighted by Gasteiger charge is 2.52. The molecule has 0 aliphatic carbocycles. The summed E-state index contributed by atoms with van der Waals surface area (Å²) in [5, 5.41) is 4.97. The molecule has 0 saturated carbocycles. The largest absolute Gasteiger partial charge is 0.498 e. The SMILES string of the molecule is Cn1cc2c(=O)n(C)cc(B3OC(C)(C)C(C)(C)O3)c2n1. The maximum absolute atomic E-state index is 12.2. The summed E-state index contributed by atoms with van der Waals surface area (Å²) in [4.78, 5) is 12.2. The third kappa shape index (κ3) is 2.03. The summed E-state index contributed by atoms with van der Waals surface area (Å²) in [5.74, 6) is 0. The highest BCUT2D eigenvalue weighted by molar-refractivity contribution is 6.64. The molecule has 0 bridgehead atoms. The molecule has 1 saturated heterocycles. The molecule has 2 aromatic rings. The van der Waals surface area contributed by atoms with Crippen LogP contribution in [-0.2, 0) is 23.4 Å². The van der Waals surface area contributed by atoms with Gasteiger partial charge >= 0.3 is 7.12 Å². The van der Waals surface area contributed by atoms with Gasteiger partial charge in [0.2, 0.25) is 0 Å². The van der Waals surface area contributed by atoms with E-state index in [1.165, 1.54) is 0 Å². The van der Waals surface area contributed by atoms with E-state index in [1.54, 1.807) is 35.7 Å². The van der Waals surface area contributed by atoms with E-state index in [-0.39, 0.29) is 5.56 Å².